The van der Waals surface area contributed by atoms with E-state index in [-0.39, 0.29) is 5.11 Å². The van der Waals surface area contributed by atoms with Gasteiger partial charge in [-0.15, -0.1) is 0 Å². The van der Waals surface area contributed by atoms with Gasteiger partial charge in [0, 0.05) is 17.3 Å². The average molecular weight is 238 g/mol. The number of halogens is 1. The molecule has 0 fully saturated rings. The molecular weight excluding hydrogens is 230 g/mol. The highest BCUT2D eigenvalue weighted by Crippen LogP contribution is 2.24. The number of pyridine rings is 1. The van der Waals surface area contributed by atoms with E-state index in [9.17, 15) is 0 Å². The molecule has 0 unspecified atom stereocenters. The highest BCUT2D eigenvalue weighted by molar-refractivity contribution is 7.80. The summed E-state index contributed by atoms with van der Waals surface area (Å²) >= 11 is 10.7. The van der Waals surface area contributed by atoms with Crippen LogP contribution >= 0.6 is 23.8 Å². The average Bonchev–Trinajstić information content (AvgIpc) is 2.18. The molecule has 0 amide bonds. The molecule has 0 atom stereocenters. The Bertz CT molecular complexity index is 527. The van der Waals surface area contributed by atoms with Gasteiger partial charge in [-0.05, 0) is 30.4 Å². The van der Waals surface area contributed by atoms with Crippen molar-refractivity contribution in [1.82, 2.24) is 4.98 Å². The molecule has 0 saturated carbocycles. The number of nitrogens with zero attached hydrogens (tertiary/aromatic N) is 1. The van der Waals surface area contributed by atoms with E-state index in [1.807, 2.05) is 24.3 Å². The lowest BCUT2D eigenvalue weighted by molar-refractivity contribution is 1.41. The molecule has 0 aliphatic heterocycles. The summed E-state index contributed by atoms with van der Waals surface area (Å²) in [6.45, 7) is 0. The molecule has 1 aromatic heterocycles. The van der Waals surface area contributed by atoms with Crippen LogP contribution in [0.1, 0.15) is 0 Å². The zero-order chi connectivity index (χ0) is 10.8. The molecule has 1 aromatic carbocycles. The number of nitrogens with two attached hydrogens (primary N) is 1. The van der Waals surface area contributed by atoms with Crippen molar-refractivity contribution in [1.29, 1.82) is 0 Å². The Labute approximate surface area is 97.2 Å². The Hall–Kier alpha value is -1.39. The van der Waals surface area contributed by atoms with Crippen LogP contribution in [0, 0.1) is 0 Å². The predicted octanol–water partition coefficient (Wildman–Crippen LogP) is 2.54. The number of rotatable bonds is 1. The lowest BCUT2D eigenvalue weighted by atomic mass is 10.2. The van der Waals surface area contributed by atoms with Crippen LogP contribution < -0.4 is 11.1 Å². The molecular formula is C10H8ClN3S. The minimum atomic E-state index is 0.225. The van der Waals surface area contributed by atoms with Gasteiger partial charge in [0.1, 0.15) is 0 Å². The van der Waals surface area contributed by atoms with E-state index in [2.05, 4.69) is 10.3 Å². The number of nitrogens with one attached hydrogen (secondary N) is 1. The van der Waals surface area contributed by atoms with Crippen LogP contribution in [-0.2, 0) is 0 Å². The summed E-state index contributed by atoms with van der Waals surface area (Å²) in [5, 5.41) is 4.59. The van der Waals surface area contributed by atoms with Gasteiger partial charge in [0.05, 0.1) is 10.5 Å². The number of hydrogen-bond acceptors (Lipinski definition) is 2. The smallest absolute Gasteiger partial charge is 0.168 e. The quantitative estimate of drug-likeness (QED) is 0.749. The number of benzene rings is 1. The van der Waals surface area contributed by atoms with Crippen LogP contribution in [0.15, 0.2) is 30.5 Å². The summed E-state index contributed by atoms with van der Waals surface area (Å²) in [4.78, 5) is 4.19. The van der Waals surface area contributed by atoms with Crippen LogP contribution in [0.5, 0.6) is 0 Å². The van der Waals surface area contributed by atoms with Gasteiger partial charge in [0.2, 0.25) is 0 Å². The summed E-state index contributed by atoms with van der Waals surface area (Å²) < 4.78 is 0. The van der Waals surface area contributed by atoms with E-state index >= 15 is 0 Å². The maximum atomic E-state index is 5.87. The molecule has 0 saturated heterocycles. The first-order chi connectivity index (χ1) is 7.16. The van der Waals surface area contributed by atoms with Crippen LogP contribution in [0.2, 0.25) is 5.02 Å². The Morgan fingerprint density at radius 1 is 1.47 bits per heavy atom. The normalized spacial score (nSPS) is 10.2. The minimum absolute atomic E-state index is 0.225. The zero-order valence-electron chi connectivity index (χ0n) is 7.70. The Balaban J connectivity index is 2.63. The van der Waals surface area contributed by atoms with Crippen LogP contribution in [0.25, 0.3) is 10.9 Å². The van der Waals surface area contributed by atoms with Crippen molar-refractivity contribution in [3.8, 4) is 0 Å². The fourth-order valence-electron chi connectivity index (χ4n) is 1.37. The maximum absolute atomic E-state index is 5.87. The zero-order valence-corrected chi connectivity index (χ0v) is 9.27. The fourth-order valence-corrected chi connectivity index (χ4v) is 1.63. The highest BCUT2D eigenvalue weighted by Gasteiger charge is 2.02. The van der Waals surface area contributed by atoms with E-state index in [4.69, 9.17) is 29.6 Å². The monoisotopic (exact) mass is 237 g/mol. The summed E-state index contributed by atoms with van der Waals surface area (Å²) in [5.74, 6) is 0. The van der Waals surface area contributed by atoms with Crippen molar-refractivity contribution in [2.24, 2.45) is 5.73 Å². The van der Waals surface area contributed by atoms with Crippen LogP contribution in [0.4, 0.5) is 5.69 Å². The molecule has 3 N–H and O–H groups in total. The van der Waals surface area contributed by atoms with Crippen molar-refractivity contribution in [3.63, 3.8) is 0 Å². The molecule has 0 radical (unpaired) electrons. The Kier molecular flexibility index (Phi) is 2.70. The van der Waals surface area contributed by atoms with Crippen molar-refractivity contribution in [2.75, 3.05) is 5.32 Å². The fraction of sp³-hybridized carbons (Fsp3) is 0. The first-order valence-electron chi connectivity index (χ1n) is 4.27. The van der Waals surface area contributed by atoms with E-state index in [1.54, 1.807) is 6.20 Å². The third kappa shape index (κ3) is 2.16. The van der Waals surface area contributed by atoms with E-state index in [0.29, 0.717) is 5.02 Å². The van der Waals surface area contributed by atoms with Crippen molar-refractivity contribution in [3.05, 3.63) is 35.5 Å². The van der Waals surface area contributed by atoms with Gasteiger partial charge in [-0.1, -0.05) is 17.7 Å². The van der Waals surface area contributed by atoms with Gasteiger partial charge in [-0.3, -0.25) is 4.98 Å². The number of thiocarbonyl (C=S) groups is 1. The SMILES string of the molecule is NC(=S)Nc1cccc2ncc(Cl)cc12. The van der Waals surface area contributed by atoms with Crippen molar-refractivity contribution >= 4 is 45.5 Å². The van der Waals surface area contributed by atoms with Gasteiger partial charge < -0.3 is 11.1 Å². The topological polar surface area (TPSA) is 50.9 Å². The number of fused-ring (bicyclic) bond motifs is 1. The highest BCUT2D eigenvalue weighted by atomic mass is 35.5. The maximum Gasteiger partial charge on any atom is 0.168 e. The molecule has 15 heavy (non-hydrogen) atoms. The molecule has 0 aliphatic rings. The lowest BCUT2D eigenvalue weighted by Crippen LogP contribution is -2.19. The van der Waals surface area contributed by atoms with E-state index in [1.165, 1.54) is 0 Å². The molecule has 1 heterocycles. The second kappa shape index (κ2) is 4.00. The summed E-state index contributed by atoms with van der Waals surface area (Å²) in [6.07, 6.45) is 1.61. The molecule has 0 spiro atoms. The van der Waals surface area contributed by atoms with Crippen LogP contribution in [0.3, 0.4) is 0 Å². The van der Waals surface area contributed by atoms with Gasteiger partial charge in [0.15, 0.2) is 5.11 Å². The van der Waals surface area contributed by atoms with E-state index in [0.717, 1.165) is 16.6 Å². The third-order valence-electron chi connectivity index (χ3n) is 1.95. The van der Waals surface area contributed by atoms with Crippen molar-refractivity contribution < 1.29 is 0 Å². The largest absolute Gasteiger partial charge is 0.376 e. The van der Waals surface area contributed by atoms with Gasteiger partial charge >= 0.3 is 0 Å². The Morgan fingerprint density at radius 3 is 3.00 bits per heavy atom. The summed E-state index contributed by atoms with van der Waals surface area (Å²) in [5.41, 5.74) is 7.08. The second-order valence-corrected chi connectivity index (χ2v) is 3.89. The molecule has 2 aromatic rings. The molecule has 76 valence electrons. The summed E-state index contributed by atoms with van der Waals surface area (Å²) in [7, 11) is 0. The minimum Gasteiger partial charge on any atom is -0.376 e. The van der Waals surface area contributed by atoms with Gasteiger partial charge in [-0.2, -0.15) is 0 Å². The van der Waals surface area contributed by atoms with Crippen LogP contribution in [-0.4, -0.2) is 10.1 Å². The predicted molar refractivity (Wildman–Crippen MR) is 67.2 cm³/mol. The molecule has 0 aliphatic carbocycles. The molecule has 3 nitrogen and oxygen atoms in total. The Morgan fingerprint density at radius 2 is 2.27 bits per heavy atom. The number of hydrogen-bond donors (Lipinski definition) is 2. The second-order valence-electron chi connectivity index (χ2n) is 3.02. The molecule has 5 heteroatoms. The first kappa shape index (κ1) is 10.1. The van der Waals surface area contributed by atoms with E-state index < -0.39 is 0 Å². The number of aromatic nitrogens is 1. The first-order valence-corrected chi connectivity index (χ1v) is 5.06. The van der Waals surface area contributed by atoms with Gasteiger partial charge in [-0.25, -0.2) is 0 Å². The van der Waals surface area contributed by atoms with Crippen molar-refractivity contribution in [2.45, 2.75) is 0 Å². The summed E-state index contributed by atoms with van der Waals surface area (Å²) in [6, 6.07) is 7.48. The number of anilines is 1. The standard InChI is InChI=1S/C10H8ClN3S/c11-6-4-7-8(13-5-6)2-1-3-9(7)14-10(12)15/h1-5H,(H3,12,14,15). The molecule has 0 bridgehead atoms. The molecule has 2 rings (SSSR count). The van der Waals surface area contributed by atoms with Gasteiger partial charge in [0.25, 0.3) is 0 Å². The lowest BCUT2D eigenvalue weighted by Gasteiger charge is -2.07. The third-order valence-corrected chi connectivity index (χ3v) is 2.26.